The van der Waals surface area contributed by atoms with Crippen molar-refractivity contribution >= 4 is 23.6 Å². The molecule has 3 saturated carbocycles. The minimum absolute atomic E-state index is 0.0244. The summed E-state index contributed by atoms with van der Waals surface area (Å²) in [6.45, 7) is 17.5. The lowest BCUT2D eigenvalue weighted by molar-refractivity contribution is -0.162. The van der Waals surface area contributed by atoms with Crippen molar-refractivity contribution in [3.63, 3.8) is 0 Å². The average molecular weight is 622 g/mol. The first kappa shape index (κ1) is 32.0. The molecule has 1 aromatic heterocycles. The summed E-state index contributed by atoms with van der Waals surface area (Å²) >= 11 is 0. The van der Waals surface area contributed by atoms with Gasteiger partial charge in [-0.3, -0.25) is 9.59 Å². The number of amidine groups is 1. The predicted octanol–water partition coefficient (Wildman–Crippen LogP) is 6.44. The van der Waals surface area contributed by atoms with Gasteiger partial charge in [0, 0.05) is 29.2 Å². The van der Waals surface area contributed by atoms with E-state index in [-0.39, 0.29) is 57.7 Å². The Bertz CT molecular complexity index is 1490. The lowest BCUT2D eigenvalue weighted by atomic mass is 9.34. The molecule has 9 nitrogen and oxygen atoms in total. The molecule has 5 aliphatic carbocycles. The maximum Gasteiger partial charge on any atom is 0.338 e. The highest BCUT2D eigenvalue weighted by Gasteiger charge is 2.70. The Morgan fingerprint density at radius 3 is 2.49 bits per heavy atom. The van der Waals surface area contributed by atoms with Crippen molar-refractivity contribution in [2.24, 2.45) is 55.7 Å². The van der Waals surface area contributed by atoms with E-state index in [1.54, 1.807) is 0 Å². The van der Waals surface area contributed by atoms with Crippen LogP contribution in [0.25, 0.3) is 0 Å². The lowest BCUT2D eigenvalue weighted by Crippen LogP contribution is -2.66. The van der Waals surface area contributed by atoms with Gasteiger partial charge >= 0.3 is 11.9 Å². The van der Waals surface area contributed by atoms with Crippen molar-refractivity contribution < 1.29 is 28.5 Å². The molecule has 7 atom stereocenters. The van der Waals surface area contributed by atoms with Gasteiger partial charge < -0.3 is 19.8 Å². The molecule has 0 radical (unpaired) electrons. The van der Waals surface area contributed by atoms with Crippen LogP contribution in [0.4, 0.5) is 0 Å². The molecule has 1 heterocycles. The molecule has 6 rings (SSSR count). The Morgan fingerprint density at radius 1 is 1.07 bits per heavy atom. The normalized spacial score (nSPS) is 39.6. The quantitative estimate of drug-likeness (QED) is 0.131. The number of carbonyl (C=O) groups excluding carboxylic acids is 3. The number of nitrogens with zero attached hydrogens (tertiary/aromatic N) is 2. The third-order valence-corrected chi connectivity index (χ3v) is 13.7. The van der Waals surface area contributed by atoms with Crippen molar-refractivity contribution in [3.8, 4) is 0 Å². The third kappa shape index (κ3) is 4.56. The van der Waals surface area contributed by atoms with Crippen LogP contribution in [0, 0.1) is 44.8 Å². The summed E-state index contributed by atoms with van der Waals surface area (Å²) in [5.41, 5.74) is 7.99. The van der Waals surface area contributed by atoms with Crippen molar-refractivity contribution in [2.45, 2.75) is 119 Å². The first-order valence-electron chi connectivity index (χ1n) is 16.8. The smallest absolute Gasteiger partial charge is 0.338 e. The molecule has 2 N–H and O–H groups in total. The molecule has 0 spiro atoms. The zero-order valence-corrected chi connectivity index (χ0v) is 28.4. The summed E-state index contributed by atoms with van der Waals surface area (Å²) in [6.07, 6.45) is 11.0. The highest BCUT2D eigenvalue weighted by Crippen LogP contribution is 2.74. The van der Waals surface area contributed by atoms with Gasteiger partial charge in [0.1, 0.15) is 18.2 Å². The van der Waals surface area contributed by atoms with E-state index in [9.17, 15) is 14.4 Å². The highest BCUT2D eigenvalue weighted by atomic mass is 16.7. The number of rotatable bonds is 5. The van der Waals surface area contributed by atoms with Crippen LogP contribution in [0.3, 0.4) is 0 Å². The number of ketones is 1. The molecule has 9 heteroatoms. The minimum atomic E-state index is -0.603. The van der Waals surface area contributed by atoms with Gasteiger partial charge in [-0.25, -0.2) is 4.79 Å². The summed E-state index contributed by atoms with van der Waals surface area (Å²) in [7, 11) is 0. The third-order valence-electron chi connectivity index (χ3n) is 13.7. The Kier molecular flexibility index (Phi) is 7.30. The van der Waals surface area contributed by atoms with E-state index in [0.717, 1.165) is 62.7 Å². The maximum atomic E-state index is 14.8. The molecule has 0 aromatic carbocycles. The molecule has 0 saturated heterocycles. The number of fused-ring (bicyclic) bond motifs is 8. The van der Waals surface area contributed by atoms with Crippen LogP contribution in [0.5, 0.6) is 0 Å². The molecule has 5 aliphatic rings. The maximum absolute atomic E-state index is 14.8. The number of esters is 1. The largest absolute Gasteiger partial charge is 0.465 e. The van der Waals surface area contributed by atoms with Gasteiger partial charge in [-0.15, -0.1) is 0 Å². The van der Waals surface area contributed by atoms with E-state index in [1.165, 1.54) is 12.5 Å². The van der Waals surface area contributed by atoms with Crippen molar-refractivity contribution in [3.05, 3.63) is 29.2 Å². The summed E-state index contributed by atoms with van der Waals surface area (Å²) in [5, 5.41) is 8.41. The number of nitrogens with two attached hydrogens (primary N) is 1. The number of oxime groups is 1. The topological polar surface area (TPSA) is 134 Å². The molecule has 0 amide bonds. The summed E-state index contributed by atoms with van der Waals surface area (Å²) < 4.78 is 10.7. The van der Waals surface area contributed by atoms with Crippen LogP contribution < -0.4 is 5.73 Å². The first-order chi connectivity index (χ1) is 20.9. The number of allylic oxidation sites excluding steroid dienone is 2. The zero-order valence-electron chi connectivity index (χ0n) is 28.4. The minimum Gasteiger partial charge on any atom is -0.465 e. The van der Waals surface area contributed by atoms with Crippen LogP contribution in [0.1, 0.15) is 118 Å². The van der Waals surface area contributed by atoms with Crippen LogP contribution >= 0.6 is 0 Å². The molecule has 246 valence electrons. The van der Waals surface area contributed by atoms with Gasteiger partial charge in [-0.2, -0.15) is 0 Å². The fourth-order valence-electron chi connectivity index (χ4n) is 11.3. The van der Waals surface area contributed by atoms with Gasteiger partial charge in [-0.1, -0.05) is 64.4 Å². The van der Waals surface area contributed by atoms with Crippen LogP contribution in [0.2, 0.25) is 0 Å². The van der Waals surface area contributed by atoms with Gasteiger partial charge in [0.05, 0.1) is 12.6 Å². The highest BCUT2D eigenvalue weighted by molar-refractivity contribution is 5.97. The van der Waals surface area contributed by atoms with E-state index < -0.39 is 17.4 Å². The number of ether oxygens (including phenoxy) is 1. The second-order valence-corrected chi connectivity index (χ2v) is 16.9. The summed E-state index contributed by atoms with van der Waals surface area (Å²) in [6, 6.07) is 0. The van der Waals surface area contributed by atoms with E-state index >= 15 is 0 Å². The number of hydrogen-bond acceptors (Lipinski definition) is 8. The second-order valence-electron chi connectivity index (χ2n) is 16.9. The van der Waals surface area contributed by atoms with E-state index in [4.69, 9.17) is 19.8 Å². The number of carbonyl (C=O) groups is 3. The van der Waals surface area contributed by atoms with Crippen molar-refractivity contribution in [2.75, 3.05) is 6.61 Å². The number of aromatic nitrogens is 1. The first-order valence-corrected chi connectivity index (χ1v) is 16.8. The van der Waals surface area contributed by atoms with E-state index in [0.29, 0.717) is 11.8 Å². The van der Waals surface area contributed by atoms with Gasteiger partial charge in [0.25, 0.3) is 0 Å². The molecular formula is C36H51N3O6. The standard InChI is InChI=1S/C36H51N3O6/c1-21(40)43-16-10-27(42)44-39-30(37)36-14-12-31(2,3)19-23(36)28-24(41)17-26-33(6)18-22-20-38-45-29(22)32(4,5)25(33)9-11-34(26,7)35(28,8)13-15-36/h17,20,23,25,28H,9-16,18-19H2,1-8H3,(H2,37,39)/t23-,25-,28-,33-,34+,35+,36-/m0/s1. The lowest BCUT2D eigenvalue weighted by Gasteiger charge is -2.69. The van der Waals surface area contributed by atoms with Crippen LogP contribution in [0.15, 0.2) is 27.5 Å². The van der Waals surface area contributed by atoms with Gasteiger partial charge in [0.15, 0.2) is 5.78 Å². The zero-order chi connectivity index (χ0) is 32.8. The van der Waals surface area contributed by atoms with E-state index in [2.05, 4.69) is 58.8 Å². The van der Waals surface area contributed by atoms with Gasteiger partial charge in [0.2, 0.25) is 0 Å². The fraction of sp³-hybridized carbons (Fsp3) is 0.750. The van der Waals surface area contributed by atoms with Gasteiger partial charge in [-0.05, 0) is 90.9 Å². The molecular weight excluding hydrogens is 570 g/mol. The van der Waals surface area contributed by atoms with Crippen molar-refractivity contribution in [1.29, 1.82) is 0 Å². The Morgan fingerprint density at radius 2 is 1.78 bits per heavy atom. The Balaban J connectivity index is 1.38. The second kappa shape index (κ2) is 10.3. The molecule has 0 bridgehead atoms. The molecule has 3 fully saturated rings. The van der Waals surface area contributed by atoms with Crippen molar-refractivity contribution in [1.82, 2.24) is 5.16 Å². The SMILES string of the molecule is CC(=O)OCCC(=O)ON=C(N)[C@]12CCC(C)(C)C[C@H]1[C@H]1C(=O)C=C3[C@@]4(C)Cc5cnoc5C(C)(C)[C@@H]4CC[C@@]3(C)[C@]1(C)CC2. The predicted molar refractivity (Wildman–Crippen MR) is 169 cm³/mol. The molecule has 45 heavy (non-hydrogen) atoms. The average Bonchev–Trinajstić information content (AvgIpc) is 3.41. The summed E-state index contributed by atoms with van der Waals surface area (Å²) in [5.74, 6) is 0.556. The molecule has 1 aromatic rings. The van der Waals surface area contributed by atoms with E-state index in [1.807, 2.05) is 12.3 Å². The monoisotopic (exact) mass is 621 g/mol. The van der Waals surface area contributed by atoms with Crippen LogP contribution in [-0.4, -0.2) is 35.3 Å². The molecule has 0 unspecified atom stereocenters. The Hall–Kier alpha value is -2.97. The van der Waals surface area contributed by atoms with Crippen LogP contribution in [-0.2, 0) is 35.8 Å². The summed E-state index contributed by atoms with van der Waals surface area (Å²) in [4.78, 5) is 43.5. The number of hydrogen-bond donors (Lipinski definition) is 1. The Labute approximate surface area is 267 Å². The fourth-order valence-corrected chi connectivity index (χ4v) is 11.3. The molecule has 0 aliphatic heterocycles.